The summed E-state index contributed by atoms with van der Waals surface area (Å²) >= 11 is 1.15. The van der Waals surface area contributed by atoms with E-state index in [2.05, 4.69) is 6.92 Å². The Bertz CT molecular complexity index is 909. The number of nitrogens with zero attached hydrogens (tertiary/aromatic N) is 1. The third-order valence-corrected chi connectivity index (χ3v) is 10.00. The number of thiophene rings is 1. The van der Waals surface area contributed by atoms with Gasteiger partial charge in [0.1, 0.15) is 4.88 Å². The van der Waals surface area contributed by atoms with Crippen molar-refractivity contribution in [2.24, 2.45) is 17.8 Å². The minimum atomic E-state index is -4.18. The number of aromatic carboxylic acids is 1. The fourth-order valence-corrected chi connectivity index (χ4v) is 7.53. The number of alkyl halides is 3. The van der Waals surface area contributed by atoms with E-state index < -0.39 is 18.1 Å². The number of hydrogen-bond acceptors (Lipinski definition) is 4. The van der Waals surface area contributed by atoms with E-state index in [0.29, 0.717) is 24.4 Å². The van der Waals surface area contributed by atoms with Crippen LogP contribution in [0.5, 0.6) is 0 Å². The van der Waals surface area contributed by atoms with Gasteiger partial charge in [0.15, 0.2) is 0 Å². The molecule has 0 aliphatic heterocycles. The first-order valence-corrected chi connectivity index (χ1v) is 14.2. The van der Waals surface area contributed by atoms with E-state index in [9.17, 15) is 27.9 Å². The normalized spacial score (nSPS) is 31.7. The van der Waals surface area contributed by atoms with Gasteiger partial charge in [-0.2, -0.15) is 13.2 Å². The summed E-state index contributed by atoms with van der Waals surface area (Å²) < 4.78 is 45.0. The van der Waals surface area contributed by atoms with Gasteiger partial charge >= 0.3 is 12.1 Å². The van der Waals surface area contributed by atoms with Crippen molar-refractivity contribution in [1.29, 1.82) is 0 Å². The fraction of sp³-hybridized carbons (Fsp3) is 0.778. The summed E-state index contributed by atoms with van der Waals surface area (Å²) in [5.74, 6) is -1.98. The zero-order valence-electron chi connectivity index (χ0n) is 21.2. The molecule has 1 heterocycles. The van der Waals surface area contributed by atoms with E-state index >= 15 is 0 Å². The molecule has 0 unspecified atom stereocenters. The number of carboxylic acids is 1. The van der Waals surface area contributed by atoms with Crippen LogP contribution in [0.15, 0.2) is 6.07 Å². The van der Waals surface area contributed by atoms with Crippen LogP contribution < -0.4 is 4.90 Å². The number of carboxylic acid groups (broad SMARTS) is 1. The van der Waals surface area contributed by atoms with Crippen molar-refractivity contribution < 1.29 is 32.6 Å². The van der Waals surface area contributed by atoms with Crippen LogP contribution in [0.2, 0.25) is 0 Å². The summed E-state index contributed by atoms with van der Waals surface area (Å²) in [7, 11) is 1.69. The predicted octanol–water partition coefficient (Wildman–Crippen LogP) is 7.40. The topological polar surface area (TPSA) is 66.8 Å². The quantitative estimate of drug-likeness (QED) is 0.417. The second-order valence-corrected chi connectivity index (χ2v) is 12.2. The standard InChI is InChI=1S/C27H38F3NO4S/c1-16-3-5-18(6-4-16)25(32)31(20-11-13-21(35-2)14-12-20)22-15-23(36-24(22)26(33)34)17-7-9-19(10-8-17)27(28,29)30/h15-21H,3-14H2,1-2H3,(H,33,34). The van der Waals surface area contributed by atoms with Crippen molar-refractivity contribution in [3.05, 3.63) is 15.8 Å². The van der Waals surface area contributed by atoms with Crippen LogP contribution in [0.3, 0.4) is 0 Å². The van der Waals surface area contributed by atoms with Gasteiger partial charge in [-0.25, -0.2) is 4.79 Å². The third-order valence-electron chi connectivity index (χ3n) is 8.72. The minimum absolute atomic E-state index is 0.00963. The molecule has 0 bridgehead atoms. The smallest absolute Gasteiger partial charge is 0.391 e. The molecule has 3 aliphatic carbocycles. The number of carbonyl (C=O) groups is 2. The van der Waals surface area contributed by atoms with E-state index in [1.807, 2.05) is 6.07 Å². The minimum Gasteiger partial charge on any atom is -0.477 e. The number of hydrogen-bond donors (Lipinski definition) is 1. The molecule has 4 rings (SSSR count). The van der Waals surface area contributed by atoms with E-state index in [0.717, 1.165) is 67.6 Å². The highest BCUT2D eigenvalue weighted by atomic mass is 32.1. The van der Waals surface area contributed by atoms with Crippen molar-refractivity contribution in [3.8, 4) is 0 Å². The zero-order chi connectivity index (χ0) is 26.0. The summed E-state index contributed by atoms with van der Waals surface area (Å²) in [4.78, 5) is 29.0. The molecular weight excluding hydrogens is 491 g/mol. The number of methoxy groups -OCH3 is 1. The molecular formula is C27H38F3NO4S. The Morgan fingerprint density at radius 1 is 0.972 bits per heavy atom. The summed E-state index contributed by atoms with van der Waals surface area (Å²) in [6.45, 7) is 2.20. The lowest BCUT2D eigenvalue weighted by Gasteiger charge is -2.39. The average Bonchev–Trinajstić information content (AvgIpc) is 3.30. The third kappa shape index (κ3) is 6.09. The molecule has 3 fully saturated rings. The van der Waals surface area contributed by atoms with Crippen molar-refractivity contribution in [2.75, 3.05) is 12.0 Å². The first-order chi connectivity index (χ1) is 17.1. The summed E-state index contributed by atoms with van der Waals surface area (Å²) in [6.07, 6.45) is 3.58. The Morgan fingerprint density at radius 3 is 2.11 bits per heavy atom. The van der Waals surface area contributed by atoms with E-state index in [1.54, 1.807) is 12.0 Å². The van der Waals surface area contributed by atoms with Gasteiger partial charge in [-0.1, -0.05) is 6.92 Å². The molecule has 1 aromatic heterocycles. The van der Waals surface area contributed by atoms with Gasteiger partial charge in [0.2, 0.25) is 5.91 Å². The molecule has 1 aromatic rings. The molecule has 36 heavy (non-hydrogen) atoms. The largest absolute Gasteiger partial charge is 0.477 e. The molecule has 1 amide bonds. The average molecular weight is 530 g/mol. The van der Waals surface area contributed by atoms with Crippen LogP contribution >= 0.6 is 11.3 Å². The van der Waals surface area contributed by atoms with E-state index in [1.165, 1.54) is 0 Å². The van der Waals surface area contributed by atoms with Crippen molar-refractivity contribution in [3.63, 3.8) is 0 Å². The molecule has 0 atom stereocenters. The van der Waals surface area contributed by atoms with Crippen LogP contribution in [-0.4, -0.2) is 42.4 Å². The van der Waals surface area contributed by atoms with Crippen molar-refractivity contribution in [2.45, 2.75) is 108 Å². The number of halogens is 3. The van der Waals surface area contributed by atoms with Crippen molar-refractivity contribution >= 4 is 28.9 Å². The lowest BCUT2D eigenvalue weighted by Crippen LogP contribution is -2.47. The Kier molecular flexibility index (Phi) is 8.70. The molecule has 1 N–H and O–H groups in total. The number of anilines is 1. The summed E-state index contributed by atoms with van der Waals surface area (Å²) in [5, 5.41) is 10.1. The van der Waals surface area contributed by atoms with Gasteiger partial charge in [0, 0.05) is 23.9 Å². The number of carbonyl (C=O) groups excluding carboxylic acids is 1. The lowest BCUT2D eigenvalue weighted by atomic mass is 9.80. The molecule has 0 spiro atoms. The summed E-state index contributed by atoms with van der Waals surface area (Å²) in [5.41, 5.74) is 0.449. The molecule has 9 heteroatoms. The second-order valence-electron chi connectivity index (χ2n) is 11.1. The maximum atomic E-state index is 14.0. The van der Waals surface area contributed by atoms with E-state index in [4.69, 9.17) is 4.74 Å². The Morgan fingerprint density at radius 2 is 1.58 bits per heavy atom. The van der Waals surface area contributed by atoms with Crippen LogP contribution in [0.25, 0.3) is 0 Å². The zero-order valence-corrected chi connectivity index (χ0v) is 22.0. The monoisotopic (exact) mass is 529 g/mol. The number of rotatable bonds is 6. The molecule has 5 nitrogen and oxygen atoms in total. The number of amides is 1. The second kappa shape index (κ2) is 11.4. The van der Waals surface area contributed by atoms with Gasteiger partial charge in [0.05, 0.1) is 17.7 Å². The Labute approximate surface area is 215 Å². The first kappa shape index (κ1) is 27.4. The summed E-state index contributed by atoms with van der Waals surface area (Å²) in [6, 6.07) is 1.73. The van der Waals surface area contributed by atoms with Gasteiger partial charge < -0.3 is 14.7 Å². The van der Waals surface area contributed by atoms with Crippen LogP contribution in [0.4, 0.5) is 18.9 Å². The number of ether oxygens (including phenoxy) is 1. The van der Waals surface area contributed by atoms with E-state index in [-0.39, 0.29) is 47.6 Å². The highest BCUT2D eigenvalue weighted by molar-refractivity contribution is 7.14. The van der Waals surface area contributed by atoms with Gasteiger partial charge in [-0.05, 0) is 95.0 Å². The van der Waals surface area contributed by atoms with Gasteiger partial charge in [-0.15, -0.1) is 11.3 Å². The molecule has 202 valence electrons. The van der Waals surface area contributed by atoms with Gasteiger partial charge in [0.25, 0.3) is 0 Å². The van der Waals surface area contributed by atoms with Crippen LogP contribution in [0, 0.1) is 17.8 Å². The molecule has 0 aromatic carbocycles. The van der Waals surface area contributed by atoms with Crippen LogP contribution in [0.1, 0.15) is 104 Å². The molecule has 3 aliphatic rings. The molecule has 0 saturated heterocycles. The fourth-order valence-electron chi connectivity index (χ4n) is 6.38. The molecule has 0 radical (unpaired) electrons. The Balaban J connectivity index is 1.62. The first-order valence-electron chi connectivity index (χ1n) is 13.4. The highest BCUT2D eigenvalue weighted by Crippen LogP contribution is 2.47. The van der Waals surface area contributed by atoms with Crippen LogP contribution in [-0.2, 0) is 9.53 Å². The lowest BCUT2D eigenvalue weighted by molar-refractivity contribution is -0.182. The predicted molar refractivity (Wildman–Crippen MR) is 134 cm³/mol. The highest BCUT2D eigenvalue weighted by Gasteiger charge is 2.43. The Hall–Kier alpha value is -1.61. The maximum Gasteiger partial charge on any atom is 0.391 e. The van der Waals surface area contributed by atoms with Crippen molar-refractivity contribution in [1.82, 2.24) is 0 Å². The maximum absolute atomic E-state index is 14.0. The van der Waals surface area contributed by atoms with Gasteiger partial charge in [-0.3, -0.25) is 4.79 Å². The molecule has 3 saturated carbocycles. The SMILES string of the molecule is COC1CCC(N(C(=O)C2CCC(C)CC2)c2cc(C3CCC(C(F)(F)F)CC3)sc2C(=O)O)CC1.